The molecular weight excluding hydrogens is 208 g/mol. The maximum Gasteiger partial charge on any atom is 0.212 e. The Labute approximate surface area is 95.4 Å². The van der Waals surface area contributed by atoms with Gasteiger partial charge < -0.3 is 19.9 Å². The van der Waals surface area contributed by atoms with Crippen LogP contribution >= 0.6 is 0 Å². The van der Waals surface area contributed by atoms with Gasteiger partial charge in [0.2, 0.25) is 5.88 Å². The number of aliphatic hydroxyl groups excluding tert-OH is 1. The molecule has 1 rings (SSSR count). The van der Waals surface area contributed by atoms with Crippen LogP contribution in [-0.2, 0) is 11.3 Å². The second-order valence-electron chi connectivity index (χ2n) is 3.22. The van der Waals surface area contributed by atoms with E-state index in [9.17, 15) is 0 Å². The lowest BCUT2D eigenvalue weighted by Crippen LogP contribution is -2.20. The largest absolute Gasteiger partial charge is 0.481 e. The molecule has 0 aromatic carbocycles. The molecule has 0 saturated carbocycles. The van der Waals surface area contributed by atoms with Crippen molar-refractivity contribution in [3.63, 3.8) is 0 Å². The van der Waals surface area contributed by atoms with Crippen LogP contribution < -0.4 is 10.1 Å². The van der Waals surface area contributed by atoms with Crippen LogP contribution in [0.4, 0.5) is 0 Å². The van der Waals surface area contributed by atoms with Gasteiger partial charge >= 0.3 is 0 Å². The summed E-state index contributed by atoms with van der Waals surface area (Å²) in [6.45, 7) is 2.57. The van der Waals surface area contributed by atoms with E-state index in [-0.39, 0.29) is 6.61 Å². The summed E-state index contributed by atoms with van der Waals surface area (Å²) in [5, 5.41) is 11.7. The van der Waals surface area contributed by atoms with Gasteiger partial charge in [0, 0.05) is 25.4 Å². The summed E-state index contributed by atoms with van der Waals surface area (Å²) in [6, 6.07) is 3.80. The first-order valence-electron chi connectivity index (χ1n) is 5.25. The lowest BCUT2D eigenvalue weighted by atomic mass is 10.3. The highest BCUT2D eigenvalue weighted by molar-refractivity contribution is 5.17. The van der Waals surface area contributed by atoms with Crippen molar-refractivity contribution in [1.29, 1.82) is 0 Å². The van der Waals surface area contributed by atoms with Crippen molar-refractivity contribution < 1.29 is 14.6 Å². The fraction of sp³-hybridized carbons (Fsp3) is 0.545. The van der Waals surface area contributed by atoms with Gasteiger partial charge in [-0.05, 0) is 5.56 Å². The van der Waals surface area contributed by atoms with Gasteiger partial charge in [-0.1, -0.05) is 6.07 Å². The minimum absolute atomic E-state index is 0.0718. The molecule has 0 aliphatic rings. The molecule has 0 aliphatic heterocycles. The highest BCUT2D eigenvalue weighted by Gasteiger charge is 1.95. The summed E-state index contributed by atoms with van der Waals surface area (Å²) in [6.07, 6.45) is 1.78. The van der Waals surface area contributed by atoms with E-state index in [0.29, 0.717) is 19.1 Å². The fourth-order valence-corrected chi connectivity index (χ4v) is 1.18. The average molecular weight is 226 g/mol. The molecular formula is C11H18N2O3. The highest BCUT2D eigenvalue weighted by Crippen LogP contribution is 2.05. The van der Waals surface area contributed by atoms with Crippen molar-refractivity contribution >= 4 is 0 Å². The molecule has 0 radical (unpaired) electrons. The van der Waals surface area contributed by atoms with Crippen molar-refractivity contribution in [3.8, 4) is 5.88 Å². The summed E-state index contributed by atoms with van der Waals surface area (Å²) in [4.78, 5) is 4.10. The van der Waals surface area contributed by atoms with Crippen LogP contribution in [0, 0.1) is 0 Å². The Hall–Kier alpha value is -1.17. The van der Waals surface area contributed by atoms with Gasteiger partial charge in [0.15, 0.2) is 0 Å². The minimum Gasteiger partial charge on any atom is -0.481 e. The third kappa shape index (κ3) is 5.06. The number of rotatable bonds is 8. The average Bonchev–Trinajstić information content (AvgIpc) is 2.34. The lowest BCUT2D eigenvalue weighted by molar-refractivity contribution is 0.0938. The van der Waals surface area contributed by atoms with E-state index in [1.165, 1.54) is 0 Å². The normalized spacial score (nSPS) is 10.4. The Morgan fingerprint density at radius 2 is 2.25 bits per heavy atom. The molecule has 16 heavy (non-hydrogen) atoms. The van der Waals surface area contributed by atoms with Crippen molar-refractivity contribution in [2.45, 2.75) is 6.54 Å². The summed E-state index contributed by atoms with van der Waals surface area (Å²) < 4.78 is 10.1. The molecule has 2 N–H and O–H groups in total. The van der Waals surface area contributed by atoms with Crippen LogP contribution in [0.3, 0.4) is 0 Å². The zero-order valence-corrected chi connectivity index (χ0v) is 9.48. The van der Waals surface area contributed by atoms with Crippen LogP contribution in [-0.4, -0.2) is 43.6 Å². The Balaban J connectivity index is 2.12. The maximum atomic E-state index is 8.48. The monoisotopic (exact) mass is 226 g/mol. The third-order valence-electron chi connectivity index (χ3n) is 1.99. The van der Waals surface area contributed by atoms with E-state index in [1.54, 1.807) is 13.3 Å². The number of aromatic nitrogens is 1. The van der Waals surface area contributed by atoms with E-state index in [2.05, 4.69) is 10.3 Å². The Morgan fingerprint density at radius 1 is 1.38 bits per heavy atom. The van der Waals surface area contributed by atoms with E-state index in [4.69, 9.17) is 14.6 Å². The molecule has 0 amide bonds. The third-order valence-corrected chi connectivity index (χ3v) is 1.99. The molecule has 0 atom stereocenters. The molecule has 5 heteroatoms. The van der Waals surface area contributed by atoms with Crippen LogP contribution in [0.1, 0.15) is 5.56 Å². The minimum atomic E-state index is 0.0718. The van der Waals surface area contributed by atoms with Gasteiger partial charge in [-0.15, -0.1) is 0 Å². The molecule has 0 bridgehead atoms. The molecule has 1 heterocycles. The topological polar surface area (TPSA) is 63.6 Å². The molecule has 1 aromatic rings. The van der Waals surface area contributed by atoms with Gasteiger partial charge in [-0.3, -0.25) is 0 Å². The van der Waals surface area contributed by atoms with Crippen LogP contribution in [0.5, 0.6) is 5.88 Å². The van der Waals surface area contributed by atoms with Gasteiger partial charge in [-0.2, -0.15) is 0 Å². The Bertz CT molecular complexity index is 277. The van der Waals surface area contributed by atoms with Gasteiger partial charge in [0.05, 0.1) is 26.9 Å². The summed E-state index contributed by atoms with van der Waals surface area (Å²) in [7, 11) is 1.60. The predicted octanol–water partition coefficient (Wildman–Crippen LogP) is 0.189. The maximum absolute atomic E-state index is 8.48. The number of pyridine rings is 1. The first-order valence-corrected chi connectivity index (χ1v) is 5.25. The van der Waals surface area contributed by atoms with Crippen LogP contribution in [0.15, 0.2) is 18.3 Å². The highest BCUT2D eigenvalue weighted by atomic mass is 16.5. The number of hydrogen-bond acceptors (Lipinski definition) is 5. The summed E-state index contributed by atoms with van der Waals surface area (Å²) >= 11 is 0. The molecule has 1 aromatic heterocycles. The molecule has 5 nitrogen and oxygen atoms in total. The number of nitrogens with zero attached hydrogens (tertiary/aromatic N) is 1. The number of hydrogen-bond donors (Lipinski definition) is 2. The molecule has 0 unspecified atom stereocenters. The zero-order valence-electron chi connectivity index (χ0n) is 9.48. The van der Waals surface area contributed by atoms with Crippen molar-refractivity contribution in [1.82, 2.24) is 10.3 Å². The van der Waals surface area contributed by atoms with Gasteiger partial charge in [-0.25, -0.2) is 4.98 Å². The van der Waals surface area contributed by atoms with E-state index in [1.807, 2.05) is 12.1 Å². The van der Waals surface area contributed by atoms with E-state index in [0.717, 1.165) is 18.7 Å². The van der Waals surface area contributed by atoms with Crippen molar-refractivity contribution in [3.05, 3.63) is 23.9 Å². The standard InChI is InChI=1S/C11H18N2O3/c1-15-11-3-2-10(9-13-11)8-12-4-6-16-7-5-14/h2-3,9,12,14H,4-8H2,1H3. The summed E-state index contributed by atoms with van der Waals surface area (Å²) in [5.74, 6) is 0.620. The molecule has 0 saturated heterocycles. The van der Waals surface area contributed by atoms with Crippen molar-refractivity contribution in [2.75, 3.05) is 33.5 Å². The number of nitrogens with one attached hydrogen (secondary N) is 1. The van der Waals surface area contributed by atoms with Crippen molar-refractivity contribution in [2.24, 2.45) is 0 Å². The molecule has 0 aliphatic carbocycles. The Morgan fingerprint density at radius 3 is 2.88 bits per heavy atom. The van der Waals surface area contributed by atoms with Gasteiger partial charge in [0.1, 0.15) is 0 Å². The summed E-state index contributed by atoms with van der Waals surface area (Å²) in [5.41, 5.74) is 1.10. The van der Waals surface area contributed by atoms with E-state index >= 15 is 0 Å². The van der Waals surface area contributed by atoms with E-state index < -0.39 is 0 Å². The predicted molar refractivity (Wildman–Crippen MR) is 60.4 cm³/mol. The molecule has 0 spiro atoms. The first kappa shape index (κ1) is 12.9. The molecule has 90 valence electrons. The Kier molecular flexibility index (Phi) is 6.48. The van der Waals surface area contributed by atoms with Crippen LogP contribution in [0.25, 0.3) is 0 Å². The number of aliphatic hydroxyl groups is 1. The fourth-order valence-electron chi connectivity index (χ4n) is 1.18. The zero-order chi connectivity index (χ0) is 11.6. The van der Waals surface area contributed by atoms with Crippen LogP contribution in [0.2, 0.25) is 0 Å². The SMILES string of the molecule is COc1ccc(CNCCOCCO)cn1. The number of ether oxygens (including phenoxy) is 2. The molecule has 0 fully saturated rings. The first-order chi connectivity index (χ1) is 7.86. The second-order valence-corrected chi connectivity index (χ2v) is 3.22. The van der Waals surface area contributed by atoms with Gasteiger partial charge in [0.25, 0.3) is 0 Å². The quantitative estimate of drug-likeness (QED) is 0.619. The second kappa shape index (κ2) is 8.04. The lowest BCUT2D eigenvalue weighted by Gasteiger charge is -2.05. The smallest absolute Gasteiger partial charge is 0.212 e. The number of methoxy groups -OCH3 is 1.